The Morgan fingerprint density at radius 2 is 1.67 bits per heavy atom. The van der Waals surface area contributed by atoms with Crippen molar-refractivity contribution in [2.75, 3.05) is 0 Å². The zero-order valence-electron chi connectivity index (χ0n) is 9.01. The second-order valence-electron chi connectivity index (χ2n) is 5.42. The molecule has 2 aliphatic rings. The van der Waals surface area contributed by atoms with Crippen molar-refractivity contribution >= 4 is 0 Å². The molecular weight excluding hydrogens is 205 g/mol. The standard InChI is InChI=1S/C11H17F3O/c1-6-3-8-5-10(15,11(12,13)14)9(8)4-7(6)2/h6-9,15H,3-5H2,1-2H3. The molecule has 1 nitrogen and oxygen atoms in total. The Balaban J connectivity index is 2.12. The minimum Gasteiger partial charge on any atom is -0.380 e. The van der Waals surface area contributed by atoms with Gasteiger partial charge in [-0.3, -0.25) is 0 Å². The molecule has 0 amide bonds. The Morgan fingerprint density at radius 1 is 1.13 bits per heavy atom. The molecule has 2 saturated carbocycles. The molecule has 15 heavy (non-hydrogen) atoms. The van der Waals surface area contributed by atoms with Gasteiger partial charge in [-0.25, -0.2) is 0 Å². The normalized spacial score (nSPS) is 50.8. The molecule has 2 rings (SSSR count). The van der Waals surface area contributed by atoms with E-state index in [1.54, 1.807) is 0 Å². The monoisotopic (exact) mass is 222 g/mol. The van der Waals surface area contributed by atoms with E-state index < -0.39 is 17.7 Å². The summed E-state index contributed by atoms with van der Waals surface area (Å²) in [6.07, 6.45) is -3.18. The van der Waals surface area contributed by atoms with Crippen molar-refractivity contribution in [3.63, 3.8) is 0 Å². The van der Waals surface area contributed by atoms with Crippen LogP contribution in [0.2, 0.25) is 0 Å². The molecule has 0 saturated heterocycles. The van der Waals surface area contributed by atoms with E-state index >= 15 is 0 Å². The SMILES string of the molecule is CC1CC2CC(O)(C(F)(F)F)C2CC1C. The Morgan fingerprint density at radius 3 is 2.20 bits per heavy atom. The van der Waals surface area contributed by atoms with Gasteiger partial charge in [0.05, 0.1) is 0 Å². The predicted molar refractivity (Wildman–Crippen MR) is 50.2 cm³/mol. The lowest BCUT2D eigenvalue weighted by atomic mass is 9.52. The van der Waals surface area contributed by atoms with E-state index in [2.05, 4.69) is 6.92 Å². The third-order valence-electron chi connectivity index (χ3n) is 4.52. The highest BCUT2D eigenvalue weighted by Crippen LogP contribution is 2.60. The second kappa shape index (κ2) is 3.12. The van der Waals surface area contributed by atoms with Crippen LogP contribution in [0.4, 0.5) is 13.2 Å². The van der Waals surface area contributed by atoms with Gasteiger partial charge in [-0.15, -0.1) is 0 Å². The van der Waals surface area contributed by atoms with E-state index in [1.165, 1.54) is 0 Å². The first-order valence-corrected chi connectivity index (χ1v) is 5.55. The van der Waals surface area contributed by atoms with E-state index in [4.69, 9.17) is 0 Å². The number of rotatable bonds is 0. The van der Waals surface area contributed by atoms with Crippen LogP contribution < -0.4 is 0 Å². The molecule has 0 heterocycles. The zero-order chi connectivity index (χ0) is 11.4. The van der Waals surface area contributed by atoms with E-state index in [0.717, 1.165) is 6.42 Å². The van der Waals surface area contributed by atoms with Crippen LogP contribution in [-0.4, -0.2) is 16.9 Å². The van der Waals surface area contributed by atoms with Gasteiger partial charge in [0.1, 0.15) is 0 Å². The number of fused-ring (bicyclic) bond motifs is 1. The van der Waals surface area contributed by atoms with Gasteiger partial charge in [0, 0.05) is 0 Å². The van der Waals surface area contributed by atoms with Crippen LogP contribution in [0.1, 0.15) is 33.1 Å². The Kier molecular flexibility index (Phi) is 2.34. The van der Waals surface area contributed by atoms with Crippen molar-refractivity contribution in [1.82, 2.24) is 0 Å². The van der Waals surface area contributed by atoms with Crippen LogP contribution >= 0.6 is 0 Å². The third kappa shape index (κ3) is 1.49. The summed E-state index contributed by atoms with van der Waals surface area (Å²) in [5, 5.41) is 9.62. The lowest BCUT2D eigenvalue weighted by Gasteiger charge is -2.57. The summed E-state index contributed by atoms with van der Waals surface area (Å²) in [4.78, 5) is 0. The molecule has 0 spiro atoms. The highest BCUT2D eigenvalue weighted by molar-refractivity contribution is 5.09. The Labute approximate surface area is 87.7 Å². The summed E-state index contributed by atoms with van der Waals surface area (Å²) in [6, 6.07) is 0. The molecule has 0 aromatic rings. The highest BCUT2D eigenvalue weighted by atomic mass is 19.4. The minimum absolute atomic E-state index is 0.0851. The van der Waals surface area contributed by atoms with Crippen molar-refractivity contribution in [2.45, 2.75) is 44.9 Å². The average Bonchev–Trinajstić information content (AvgIpc) is 2.09. The quantitative estimate of drug-likeness (QED) is 0.668. The lowest BCUT2D eigenvalue weighted by molar-refractivity contribution is -0.335. The molecule has 4 heteroatoms. The summed E-state index contributed by atoms with van der Waals surface area (Å²) in [7, 11) is 0. The maximum absolute atomic E-state index is 12.6. The summed E-state index contributed by atoms with van der Waals surface area (Å²) in [5.74, 6) is 0.316. The van der Waals surface area contributed by atoms with Gasteiger partial charge in [0.2, 0.25) is 0 Å². The van der Waals surface area contributed by atoms with Crippen LogP contribution in [0.5, 0.6) is 0 Å². The molecular formula is C11H17F3O. The van der Waals surface area contributed by atoms with Gasteiger partial charge < -0.3 is 5.11 Å². The van der Waals surface area contributed by atoms with E-state index in [9.17, 15) is 18.3 Å². The van der Waals surface area contributed by atoms with Gasteiger partial charge >= 0.3 is 6.18 Å². The van der Waals surface area contributed by atoms with Gasteiger partial charge in [-0.05, 0) is 42.9 Å². The fraction of sp³-hybridized carbons (Fsp3) is 1.00. The number of alkyl halides is 3. The van der Waals surface area contributed by atoms with Crippen LogP contribution in [0.15, 0.2) is 0 Å². The first-order chi connectivity index (χ1) is 6.75. The molecule has 0 aromatic carbocycles. The fourth-order valence-corrected chi connectivity index (χ4v) is 3.23. The largest absolute Gasteiger partial charge is 0.417 e. The molecule has 88 valence electrons. The smallest absolute Gasteiger partial charge is 0.380 e. The van der Waals surface area contributed by atoms with Crippen LogP contribution in [0.3, 0.4) is 0 Å². The first-order valence-electron chi connectivity index (χ1n) is 5.55. The third-order valence-corrected chi connectivity index (χ3v) is 4.52. The minimum atomic E-state index is -4.45. The predicted octanol–water partition coefficient (Wildman–Crippen LogP) is 2.98. The van der Waals surface area contributed by atoms with Crippen molar-refractivity contribution < 1.29 is 18.3 Å². The maximum atomic E-state index is 12.6. The Hall–Kier alpha value is -0.250. The molecule has 0 bridgehead atoms. The molecule has 0 radical (unpaired) electrons. The highest BCUT2D eigenvalue weighted by Gasteiger charge is 2.68. The number of halogens is 3. The number of aliphatic hydroxyl groups is 1. The molecule has 0 aliphatic heterocycles. The van der Waals surface area contributed by atoms with E-state index in [0.29, 0.717) is 18.3 Å². The van der Waals surface area contributed by atoms with Gasteiger partial charge in [0.25, 0.3) is 0 Å². The Bertz CT molecular complexity index is 263. The summed E-state index contributed by atoms with van der Waals surface area (Å²) in [6.45, 7) is 4.07. The topological polar surface area (TPSA) is 20.2 Å². The van der Waals surface area contributed by atoms with Crippen LogP contribution in [0, 0.1) is 23.7 Å². The van der Waals surface area contributed by atoms with Crippen molar-refractivity contribution in [1.29, 1.82) is 0 Å². The lowest BCUT2D eigenvalue weighted by Crippen LogP contribution is -2.64. The van der Waals surface area contributed by atoms with E-state index in [1.807, 2.05) is 6.92 Å². The summed E-state index contributed by atoms with van der Waals surface area (Å²) >= 11 is 0. The molecule has 0 aromatic heterocycles. The average molecular weight is 222 g/mol. The van der Waals surface area contributed by atoms with Crippen LogP contribution in [-0.2, 0) is 0 Å². The molecule has 2 aliphatic carbocycles. The summed E-state index contributed by atoms with van der Waals surface area (Å²) < 4.78 is 37.9. The fourth-order valence-electron chi connectivity index (χ4n) is 3.23. The molecule has 1 N–H and O–H groups in total. The van der Waals surface area contributed by atoms with Crippen molar-refractivity contribution in [3.8, 4) is 0 Å². The molecule has 2 fully saturated rings. The van der Waals surface area contributed by atoms with Gasteiger partial charge in [-0.1, -0.05) is 13.8 Å². The van der Waals surface area contributed by atoms with Crippen molar-refractivity contribution in [2.24, 2.45) is 23.7 Å². The van der Waals surface area contributed by atoms with E-state index in [-0.39, 0.29) is 12.3 Å². The number of hydrogen-bond acceptors (Lipinski definition) is 1. The molecule has 5 unspecified atom stereocenters. The van der Waals surface area contributed by atoms with Gasteiger partial charge in [0.15, 0.2) is 5.60 Å². The van der Waals surface area contributed by atoms with Crippen LogP contribution in [0.25, 0.3) is 0 Å². The second-order valence-corrected chi connectivity index (χ2v) is 5.42. The zero-order valence-corrected chi connectivity index (χ0v) is 9.01. The summed E-state index contributed by atoms with van der Waals surface area (Å²) in [5.41, 5.74) is -2.38. The first kappa shape index (κ1) is 11.2. The number of hydrogen-bond donors (Lipinski definition) is 1. The van der Waals surface area contributed by atoms with Crippen molar-refractivity contribution in [3.05, 3.63) is 0 Å². The van der Waals surface area contributed by atoms with Gasteiger partial charge in [-0.2, -0.15) is 13.2 Å². The molecule has 5 atom stereocenters. The maximum Gasteiger partial charge on any atom is 0.417 e.